The van der Waals surface area contributed by atoms with Crippen molar-refractivity contribution in [2.45, 2.75) is 69.7 Å². The van der Waals surface area contributed by atoms with Gasteiger partial charge in [0.25, 0.3) is 0 Å². The lowest BCUT2D eigenvalue weighted by atomic mass is 9.80. The summed E-state index contributed by atoms with van der Waals surface area (Å²) in [5.74, 6) is 1.78. The molecule has 6 atom stereocenters. The summed E-state index contributed by atoms with van der Waals surface area (Å²) in [4.78, 5) is 2.72. The Bertz CT molecular complexity index is 437. The van der Waals surface area contributed by atoms with Gasteiger partial charge in [-0.25, -0.2) is 0 Å². The summed E-state index contributed by atoms with van der Waals surface area (Å²) in [6.45, 7) is 0.543. The van der Waals surface area contributed by atoms with Crippen LogP contribution in [0.5, 0.6) is 0 Å². The van der Waals surface area contributed by atoms with E-state index in [2.05, 4.69) is 10.0 Å². The number of aliphatic hydroxyl groups excluding tert-OH is 2. The van der Waals surface area contributed by atoms with Crippen LogP contribution in [-0.4, -0.2) is 41.7 Å². The fourth-order valence-corrected chi connectivity index (χ4v) is 4.55. The van der Waals surface area contributed by atoms with Gasteiger partial charge in [-0.05, 0) is 36.1 Å². The normalized spacial score (nSPS) is 41.3. The predicted octanol–water partition coefficient (Wildman–Crippen LogP) is 3.03. The zero-order valence-electron chi connectivity index (χ0n) is 13.8. The Labute approximate surface area is 137 Å². The van der Waals surface area contributed by atoms with Crippen molar-refractivity contribution in [1.29, 1.82) is 0 Å². The minimum Gasteiger partial charge on any atom is -0.390 e. The van der Waals surface area contributed by atoms with Crippen LogP contribution in [0.2, 0.25) is 0 Å². The molecule has 2 N–H and O–H groups in total. The molecule has 23 heavy (non-hydrogen) atoms. The van der Waals surface area contributed by atoms with Gasteiger partial charge in [-0.15, -0.1) is 0 Å². The van der Waals surface area contributed by atoms with Gasteiger partial charge in [0.05, 0.1) is 18.8 Å². The largest absolute Gasteiger partial charge is 0.390 e. The van der Waals surface area contributed by atoms with Crippen LogP contribution in [0, 0.1) is 23.7 Å². The van der Waals surface area contributed by atoms with Crippen molar-refractivity contribution in [3.63, 3.8) is 0 Å². The van der Waals surface area contributed by atoms with E-state index >= 15 is 0 Å². The molecule has 2 saturated carbocycles. The fraction of sp³-hybridized carbons (Fsp3) is 1.00. The SMILES string of the molecule is [N-]=[N+]=NC[C@@H]1CO[C@H](C2CCC(CCC3CCC3)C2)[C@H](O)[C@@H]1O. The van der Waals surface area contributed by atoms with E-state index in [1.54, 1.807) is 0 Å². The van der Waals surface area contributed by atoms with E-state index in [4.69, 9.17) is 10.3 Å². The van der Waals surface area contributed by atoms with Gasteiger partial charge in [0, 0.05) is 17.4 Å². The first-order chi connectivity index (χ1) is 11.2. The summed E-state index contributed by atoms with van der Waals surface area (Å²) in [6.07, 6.45) is 8.37. The lowest BCUT2D eigenvalue weighted by molar-refractivity contribution is -0.178. The number of aliphatic hydroxyl groups is 2. The smallest absolute Gasteiger partial charge is 0.107 e. The Morgan fingerprint density at radius 3 is 2.52 bits per heavy atom. The molecule has 0 aromatic heterocycles. The minimum atomic E-state index is -0.863. The lowest BCUT2D eigenvalue weighted by Gasteiger charge is -2.40. The molecule has 0 aromatic carbocycles. The number of ether oxygens (including phenoxy) is 1. The van der Waals surface area contributed by atoms with Gasteiger partial charge in [0.15, 0.2) is 0 Å². The van der Waals surface area contributed by atoms with Crippen molar-refractivity contribution < 1.29 is 14.9 Å². The van der Waals surface area contributed by atoms with E-state index in [0.717, 1.165) is 24.7 Å². The molecule has 6 heteroatoms. The second-order valence-electron chi connectivity index (χ2n) is 7.77. The molecule has 0 aromatic rings. The Morgan fingerprint density at radius 2 is 1.83 bits per heavy atom. The highest BCUT2D eigenvalue weighted by molar-refractivity contribution is 4.93. The zero-order chi connectivity index (χ0) is 16.2. The molecule has 2 unspecified atom stereocenters. The first kappa shape index (κ1) is 17.0. The van der Waals surface area contributed by atoms with Crippen LogP contribution in [0.1, 0.15) is 51.4 Å². The van der Waals surface area contributed by atoms with E-state index in [-0.39, 0.29) is 18.6 Å². The summed E-state index contributed by atoms with van der Waals surface area (Å²) in [7, 11) is 0. The highest BCUT2D eigenvalue weighted by Crippen LogP contribution is 2.41. The molecule has 3 fully saturated rings. The van der Waals surface area contributed by atoms with Crippen molar-refractivity contribution >= 4 is 0 Å². The van der Waals surface area contributed by atoms with Crippen LogP contribution in [0.4, 0.5) is 0 Å². The van der Waals surface area contributed by atoms with Crippen molar-refractivity contribution in [2.24, 2.45) is 28.8 Å². The quantitative estimate of drug-likeness (QED) is 0.446. The molecule has 6 nitrogen and oxygen atoms in total. The van der Waals surface area contributed by atoms with E-state index < -0.39 is 12.2 Å². The van der Waals surface area contributed by atoms with Gasteiger partial charge in [-0.1, -0.05) is 43.6 Å². The standard InChI is InChI=1S/C17H29N3O3/c18-20-19-9-14-10-23-17(16(22)15(14)21)13-7-6-12(8-13)5-4-11-2-1-3-11/h11-17,21-22H,1-10H2/t12?,13?,14-,15-,16-,17-/m1/s1. The highest BCUT2D eigenvalue weighted by Gasteiger charge is 2.43. The van der Waals surface area contributed by atoms with Crippen molar-refractivity contribution in [1.82, 2.24) is 0 Å². The van der Waals surface area contributed by atoms with E-state index in [1.807, 2.05) is 0 Å². The molecular weight excluding hydrogens is 294 g/mol. The summed E-state index contributed by atoms with van der Waals surface area (Å²) >= 11 is 0. The van der Waals surface area contributed by atoms with Crippen LogP contribution in [0.15, 0.2) is 5.11 Å². The third-order valence-corrected chi connectivity index (χ3v) is 6.31. The van der Waals surface area contributed by atoms with Gasteiger partial charge in [0.1, 0.15) is 6.10 Å². The predicted molar refractivity (Wildman–Crippen MR) is 86.7 cm³/mol. The molecular formula is C17H29N3O3. The molecule has 1 aliphatic heterocycles. The van der Waals surface area contributed by atoms with Crippen LogP contribution < -0.4 is 0 Å². The van der Waals surface area contributed by atoms with Gasteiger partial charge >= 0.3 is 0 Å². The van der Waals surface area contributed by atoms with Crippen LogP contribution in [-0.2, 0) is 4.74 Å². The molecule has 1 saturated heterocycles. The molecule has 3 rings (SSSR count). The lowest BCUT2D eigenvalue weighted by Crippen LogP contribution is -2.53. The maximum Gasteiger partial charge on any atom is 0.107 e. The molecule has 2 aliphatic carbocycles. The third-order valence-electron chi connectivity index (χ3n) is 6.31. The maximum absolute atomic E-state index is 10.4. The fourth-order valence-electron chi connectivity index (χ4n) is 4.55. The molecule has 3 aliphatic rings. The van der Waals surface area contributed by atoms with Crippen molar-refractivity contribution in [2.75, 3.05) is 13.2 Å². The molecule has 0 bridgehead atoms. The van der Waals surface area contributed by atoms with Gasteiger partial charge in [0.2, 0.25) is 0 Å². The first-order valence-corrected chi connectivity index (χ1v) is 9.17. The Balaban J connectivity index is 1.46. The van der Waals surface area contributed by atoms with E-state index in [1.165, 1.54) is 38.5 Å². The topological polar surface area (TPSA) is 98.5 Å². The number of nitrogens with zero attached hydrogens (tertiary/aromatic N) is 3. The van der Waals surface area contributed by atoms with E-state index in [0.29, 0.717) is 12.5 Å². The second kappa shape index (κ2) is 7.84. The number of hydrogen-bond acceptors (Lipinski definition) is 4. The van der Waals surface area contributed by atoms with Crippen molar-refractivity contribution in [3.8, 4) is 0 Å². The second-order valence-corrected chi connectivity index (χ2v) is 7.77. The first-order valence-electron chi connectivity index (χ1n) is 9.17. The summed E-state index contributed by atoms with van der Waals surface area (Å²) < 4.78 is 5.87. The average Bonchev–Trinajstić information content (AvgIpc) is 2.96. The third kappa shape index (κ3) is 4.00. The number of azide groups is 1. The summed E-state index contributed by atoms with van der Waals surface area (Å²) in [5.41, 5.74) is 8.39. The summed E-state index contributed by atoms with van der Waals surface area (Å²) in [6, 6.07) is 0. The number of rotatable bonds is 6. The monoisotopic (exact) mass is 323 g/mol. The van der Waals surface area contributed by atoms with Crippen LogP contribution in [0.25, 0.3) is 10.4 Å². The molecule has 1 heterocycles. The van der Waals surface area contributed by atoms with Gasteiger partial charge in [-0.3, -0.25) is 0 Å². The maximum atomic E-state index is 10.4. The Hall–Kier alpha value is -0.810. The number of hydrogen-bond donors (Lipinski definition) is 2. The van der Waals surface area contributed by atoms with Gasteiger partial charge < -0.3 is 14.9 Å². The molecule has 0 amide bonds. The summed E-state index contributed by atoms with van der Waals surface area (Å²) in [5, 5.41) is 24.2. The Kier molecular flexibility index (Phi) is 5.81. The van der Waals surface area contributed by atoms with Gasteiger partial charge in [-0.2, -0.15) is 0 Å². The zero-order valence-corrected chi connectivity index (χ0v) is 13.8. The van der Waals surface area contributed by atoms with E-state index in [9.17, 15) is 10.2 Å². The highest BCUT2D eigenvalue weighted by atomic mass is 16.5. The average molecular weight is 323 g/mol. The molecule has 130 valence electrons. The Morgan fingerprint density at radius 1 is 1.04 bits per heavy atom. The molecule has 0 spiro atoms. The minimum absolute atomic E-state index is 0.177. The van der Waals surface area contributed by atoms with Crippen molar-refractivity contribution in [3.05, 3.63) is 10.4 Å². The molecule has 0 radical (unpaired) electrons. The van der Waals surface area contributed by atoms with Crippen LogP contribution in [0.3, 0.4) is 0 Å². The van der Waals surface area contributed by atoms with Crippen LogP contribution >= 0.6 is 0 Å².